The number of nitrogens with zero attached hydrogens (tertiary/aromatic N) is 1. The Balaban J connectivity index is 1.60. The average Bonchev–Trinajstić information content (AvgIpc) is 2.97. The smallest absolute Gasteiger partial charge is 0.253 e. The van der Waals surface area contributed by atoms with Gasteiger partial charge in [0.15, 0.2) is 0 Å². The number of hydrogen-bond acceptors (Lipinski definition) is 4. The van der Waals surface area contributed by atoms with Crippen LogP contribution in [0, 0.1) is 11.8 Å². The van der Waals surface area contributed by atoms with E-state index in [9.17, 15) is 19.2 Å². The molecule has 7 heteroatoms. The van der Waals surface area contributed by atoms with Gasteiger partial charge in [0.1, 0.15) is 0 Å². The molecule has 0 spiro atoms. The van der Waals surface area contributed by atoms with Crippen LogP contribution < -0.4 is 10.6 Å². The highest BCUT2D eigenvalue weighted by atomic mass is 16.2. The number of fused-ring (bicyclic) bond motifs is 1. The van der Waals surface area contributed by atoms with Crippen LogP contribution in [0.2, 0.25) is 0 Å². The Kier molecular flexibility index (Phi) is 6.46. The Morgan fingerprint density at radius 3 is 2.34 bits per heavy atom. The zero-order valence-corrected chi connectivity index (χ0v) is 16.8. The third kappa shape index (κ3) is 4.55. The maximum absolute atomic E-state index is 12.5. The quantitative estimate of drug-likeness (QED) is 0.546. The molecule has 1 fully saturated rings. The van der Waals surface area contributed by atoms with E-state index >= 15 is 0 Å². The van der Waals surface area contributed by atoms with Gasteiger partial charge in [-0.15, -0.1) is 0 Å². The monoisotopic (exact) mass is 397 g/mol. The summed E-state index contributed by atoms with van der Waals surface area (Å²) in [5.74, 6) is -1.56. The van der Waals surface area contributed by atoms with Gasteiger partial charge in [-0.25, -0.2) is 0 Å². The molecule has 1 aromatic carbocycles. The molecule has 0 bridgehead atoms. The second kappa shape index (κ2) is 9.03. The van der Waals surface area contributed by atoms with E-state index in [2.05, 4.69) is 10.6 Å². The number of nitrogens with one attached hydrogen (secondary N) is 2. The molecule has 1 aliphatic carbocycles. The number of rotatable bonds is 7. The van der Waals surface area contributed by atoms with Gasteiger partial charge >= 0.3 is 0 Å². The minimum absolute atomic E-state index is 0.00827. The summed E-state index contributed by atoms with van der Waals surface area (Å²) >= 11 is 0. The summed E-state index contributed by atoms with van der Waals surface area (Å²) < 4.78 is 0. The fraction of sp³-hybridized carbons (Fsp3) is 0.455. The lowest BCUT2D eigenvalue weighted by Gasteiger charge is -2.16. The molecule has 29 heavy (non-hydrogen) atoms. The standard InChI is InChI=1S/C22H27N3O4/c1-3-14(2)23-20(27)17-10-6-7-11-18(17)24-19(26)12-13-25-21(28)15-8-4-5-9-16(15)22(25)29/h4-7,10-11,14-16H,3,8-9,12-13H2,1-2H3,(H,23,27)(H,24,26)/t14-,15-,16+/m0/s1. The van der Waals surface area contributed by atoms with E-state index in [0.29, 0.717) is 24.1 Å². The van der Waals surface area contributed by atoms with Crippen molar-refractivity contribution in [3.8, 4) is 0 Å². The fourth-order valence-corrected chi connectivity index (χ4v) is 3.71. The van der Waals surface area contributed by atoms with Crippen LogP contribution in [-0.4, -0.2) is 41.1 Å². The molecule has 4 amide bonds. The van der Waals surface area contributed by atoms with Crippen molar-refractivity contribution < 1.29 is 19.2 Å². The molecular weight excluding hydrogens is 370 g/mol. The number of imide groups is 1. The maximum Gasteiger partial charge on any atom is 0.253 e. The van der Waals surface area contributed by atoms with Crippen molar-refractivity contribution >= 4 is 29.3 Å². The van der Waals surface area contributed by atoms with Crippen LogP contribution in [0.1, 0.15) is 49.9 Å². The molecule has 1 saturated heterocycles. The van der Waals surface area contributed by atoms with Crippen LogP contribution in [-0.2, 0) is 14.4 Å². The lowest BCUT2D eigenvalue weighted by atomic mass is 9.85. The number of benzene rings is 1. The van der Waals surface area contributed by atoms with E-state index < -0.39 is 0 Å². The number of allylic oxidation sites excluding steroid dienone is 2. The molecular formula is C22H27N3O4. The molecule has 3 rings (SSSR count). The van der Waals surface area contributed by atoms with Gasteiger partial charge in [-0.3, -0.25) is 24.1 Å². The summed E-state index contributed by atoms with van der Waals surface area (Å²) in [6.07, 6.45) is 5.82. The van der Waals surface area contributed by atoms with Crippen molar-refractivity contribution in [2.24, 2.45) is 11.8 Å². The summed E-state index contributed by atoms with van der Waals surface area (Å²) in [5.41, 5.74) is 0.793. The van der Waals surface area contributed by atoms with E-state index in [-0.39, 0.29) is 54.5 Å². The molecule has 0 radical (unpaired) electrons. The van der Waals surface area contributed by atoms with Gasteiger partial charge in [0.05, 0.1) is 23.1 Å². The molecule has 2 aliphatic rings. The molecule has 0 aromatic heterocycles. The average molecular weight is 397 g/mol. The van der Waals surface area contributed by atoms with Gasteiger partial charge in [0, 0.05) is 19.0 Å². The Labute approximate surface area is 170 Å². The molecule has 1 aromatic rings. The summed E-state index contributed by atoms with van der Waals surface area (Å²) in [5, 5.41) is 5.62. The normalized spacial score (nSPS) is 21.7. The first kappa shape index (κ1) is 20.8. The van der Waals surface area contributed by atoms with Crippen LogP contribution in [0.5, 0.6) is 0 Å². The molecule has 2 N–H and O–H groups in total. The third-order valence-electron chi connectivity index (χ3n) is 5.60. The van der Waals surface area contributed by atoms with Crippen LogP contribution in [0.25, 0.3) is 0 Å². The highest BCUT2D eigenvalue weighted by Gasteiger charge is 2.46. The number of hydrogen-bond donors (Lipinski definition) is 2. The predicted molar refractivity (Wildman–Crippen MR) is 109 cm³/mol. The minimum Gasteiger partial charge on any atom is -0.350 e. The fourth-order valence-electron chi connectivity index (χ4n) is 3.71. The highest BCUT2D eigenvalue weighted by Crippen LogP contribution is 2.35. The molecule has 7 nitrogen and oxygen atoms in total. The van der Waals surface area contributed by atoms with E-state index in [4.69, 9.17) is 0 Å². The van der Waals surface area contributed by atoms with Crippen molar-refractivity contribution in [3.05, 3.63) is 42.0 Å². The molecule has 0 unspecified atom stereocenters. The largest absolute Gasteiger partial charge is 0.350 e. The first-order valence-corrected chi connectivity index (χ1v) is 10.1. The van der Waals surface area contributed by atoms with Gasteiger partial charge in [0.2, 0.25) is 17.7 Å². The molecule has 3 atom stereocenters. The predicted octanol–water partition coefficient (Wildman–Crippen LogP) is 2.49. The van der Waals surface area contributed by atoms with Gasteiger partial charge < -0.3 is 10.6 Å². The lowest BCUT2D eigenvalue weighted by molar-refractivity contribution is -0.140. The van der Waals surface area contributed by atoms with Crippen molar-refractivity contribution in [1.82, 2.24) is 10.2 Å². The summed E-state index contributed by atoms with van der Waals surface area (Å²) in [4.78, 5) is 51.1. The van der Waals surface area contributed by atoms with Crippen molar-refractivity contribution in [3.63, 3.8) is 0 Å². The van der Waals surface area contributed by atoms with E-state index in [0.717, 1.165) is 6.42 Å². The number of amides is 4. The number of anilines is 1. The molecule has 154 valence electrons. The minimum atomic E-state index is -0.345. The van der Waals surface area contributed by atoms with Crippen LogP contribution >= 0.6 is 0 Å². The first-order chi connectivity index (χ1) is 13.9. The van der Waals surface area contributed by atoms with Crippen LogP contribution in [0.4, 0.5) is 5.69 Å². The number of carbonyl (C=O) groups excluding carboxylic acids is 4. The maximum atomic E-state index is 12.5. The Hall–Kier alpha value is -2.96. The number of para-hydroxylation sites is 1. The highest BCUT2D eigenvalue weighted by molar-refractivity contribution is 6.06. The Bertz CT molecular complexity index is 822. The SMILES string of the molecule is CC[C@H](C)NC(=O)c1ccccc1NC(=O)CCN1C(=O)[C@H]2CC=CC[C@H]2C1=O. The Morgan fingerprint density at radius 2 is 1.72 bits per heavy atom. The van der Waals surface area contributed by atoms with Gasteiger partial charge in [-0.2, -0.15) is 0 Å². The molecule has 1 aliphatic heterocycles. The van der Waals surface area contributed by atoms with Gasteiger partial charge in [0.25, 0.3) is 5.91 Å². The summed E-state index contributed by atoms with van der Waals surface area (Å²) in [6, 6.07) is 6.81. The zero-order chi connectivity index (χ0) is 21.0. The van der Waals surface area contributed by atoms with E-state index in [1.807, 2.05) is 26.0 Å². The van der Waals surface area contributed by atoms with E-state index in [1.54, 1.807) is 24.3 Å². The second-order valence-electron chi connectivity index (χ2n) is 7.61. The molecule has 1 heterocycles. The van der Waals surface area contributed by atoms with Crippen molar-refractivity contribution in [1.29, 1.82) is 0 Å². The second-order valence-corrected chi connectivity index (χ2v) is 7.61. The zero-order valence-electron chi connectivity index (χ0n) is 16.8. The first-order valence-electron chi connectivity index (χ1n) is 10.1. The molecule has 0 saturated carbocycles. The van der Waals surface area contributed by atoms with Crippen molar-refractivity contribution in [2.75, 3.05) is 11.9 Å². The third-order valence-corrected chi connectivity index (χ3v) is 5.60. The lowest BCUT2D eigenvalue weighted by Crippen LogP contribution is -2.34. The van der Waals surface area contributed by atoms with Gasteiger partial charge in [-0.05, 0) is 38.3 Å². The van der Waals surface area contributed by atoms with Crippen LogP contribution in [0.15, 0.2) is 36.4 Å². The van der Waals surface area contributed by atoms with Gasteiger partial charge in [-0.1, -0.05) is 31.2 Å². The topological polar surface area (TPSA) is 95.6 Å². The van der Waals surface area contributed by atoms with Crippen LogP contribution in [0.3, 0.4) is 0 Å². The van der Waals surface area contributed by atoms with E-state index in [1.165, 1.54) is 4.90 Å². The summed E-state index contributed by atoms with van der Waals surface area (Å²) in [7, 11) is 0. The van der Waals surface area contributed by atoms with Crippen molar-refractivity contribution in [2.45, 2.75) is 45.6 Å². The number of carbonyl (C=O) groups is 4. The number of likely N-dealkylation sites (tertiary alicyclic amines) is 1. The summed E-state index contributed by atoms with van der Waals surface area (Å²) in [6.45, 7) is 3.94. The Morgan fingerprint density at radius 1 is 1.10 bits per heavy atom.